The van der Waals surface area contributed by atoms with E-state index in [0.717, 1.165) is 11.1 Å². The van der Waals surface area contributed by atoms with Crippen LogP contribution in [0.1, 0.15) is 77.1 Å². The molecule has 1 aromatic rings. The average Bonchev–Trinajstić information content (AvgIpc) is 2.76. The largest absolute Gasteiger partial charge is 0.466 e. The van der Waals surface area contributed by atoms with Crippen molar-refractivity contribution in [2.24, 2.45) is 5.73 Å². The maximum atomic E-state index is 13.9. The highest BCUT2D eigenvalue weighted by Crippen LogP contribution is 2.27. The summed E-state index contributed by atoms with van der Waals surface area (Å²) in [4.78, 5) is 64.7. The van der Waals surface area contributed by atoms with Gasteiger partial charge in [0.05, 0.1) is 19.4 Å². The highest BCUT2D eigenvalue weighted by atomic mass is 16.6. The fraction of sp³-hybridized carbons (Fsp3) is 0.593. The molecule has 0 saturated carbocycles. The maximum Gasteiger partial charge on any atom is 0.408 e. The van der Waals surface area contributed by atoms with Gasteiger partial charge in [0.25, 0.3) is 0 Å². The molecule has 0 aromatic heterocycles. The number of nitrogens with one attached hydrogen (secondary N) is 2. The molecule has 0 aliphatic carbocycles. The number of amides is 4. The quantitative estimate of drug-likeness (QED) is 0.348. The fourth-order valence-electron chi connectivity index (χ4n) is 3.70. The minimum absolute atomic E-state index is 0.00000887. The number of rotatable bonds is 12. The van der Waals surface area contributed by atoms with E-state index in [4.69, 9.17) is 15.2 Å². The van der Waals surface area contributed by atoms with Crippen molar-refractivity contribution in [2.45, 2.75) is 92.0 Å². The number of primary amides is 1. The molecule has 0 spiro atoms. The van der Waals surface area contributed by atoms with Crippen molar-refractivity contribution in [3.8, 4) is 0 Å². The topological polar surface area (TPSA) is 157 Å². The van der Waals surface area contributed by atoms with Crippen LogP contribution in [0.15, 0.2) is 18.2 Å². The SMILES string of the molecule is CCOC(=O)CCNC(=O)C(c1ccc(C)c(C)c1)N(C(=O)C(CC(N)=O)NC(=O)OC(C)(C)C)C(C)C. The second kappa shape index (κ2) is 14.3. The van der Waals surface area contributed by atoms with Gasteiger partial charge in [0, 0.05) is 12.6 Å². The molecule has 11 nitrogen and oxygen atoms in total. The standard InChI is InChI=1S/C27H42N4O7/c1-9-37-22(33)12-13-29-24(34)23(19-11-10-17(4)18(5)14-19)31(16(2)3)25(35)20(15-21(28)32)30-26(36)38-27(6,7)8/h10-11,14,16,20,23H,9,12-13,15H2,1-8H3,(H2,28,32)(H,29,34)(H,30,36). The number of nitrogens with two attached hydrogens (primary N) is 1. The fourth-order valence-corrected chi connectivity index (χ4v) is 3.70. The molecule has 2 atom stereocenters. The Morgan fingerprint density at radius 3 is 2.18 bits per heavy atom. The molecule has 0 saturated heterocycles. The Morgan fingerprint density at radius 1 is 1.05 bits per heavy atom. The summed E-state index contributed by atoms with van der Waals surface area (Å²) in [5, 5.41) is 5.14. The highest BCUT2D eigenvalue weighted by molar-refractivity contribution is 5.94. The van der Waals surface area contributed by atoms with Crippen molar-refractivity contribution in [1.82, 2.24) is 15.5 Å². The van der Waals surface area contributed by atoms with E-state index in [0.29, 0.717) is 5.56 Å². The molecule has 1 rings (SSSR count). The first kappa shape index (κ1) is 32.4. The molecule has 0 aliphatic rings. The van der Waals surface area contributed by atoms with Crippen LogP contribution < -0.4 is 16.4 Å². The van der Waals surface area contributed by atoms with E-state index < -0.39 is 59.9 Å². The van der Waals surface area contributed by atoms with Gasteiger partial charge in [0.1, 0.15) is 17.7 Å². The minimum Gasteiger partial charge on any atom is -0.466 e. The summed E-state index contributed by atoms with van der Waals surface area (Å²) >= 11 is 0. The van der Waals surface area contributed by atoms with Crippen LogP contribution in [0.4, 0.5) is 4.79 Å². The third-order valence-corrected chi connectivity index (χ3v) is 5.51. The van der Waals surface area contributed by atoms with Gasteiger partial charge in [-0.15, -0.1) is 0 Å². The molecule has 2 unspecified atom stereocenters. The van der Waals surface area contributed by atoms with Crippen LogP contribution in [-0.4, -0.2) is 65.5 Å². The van der Waals surface area contributed by atoms with Crippen molar-refractivity contribution >= 4 is 29.8 Å². The van der Waals surface area contributed by atoms with Gasteiger partial charge in [-0.1, -0.05) is 18.2 Å². The van der Waals surface area contributed by atoms with Crippen LogP contribution in [0.5, 0.6) is 0 Å². The van der Waals surface area contributed by atoms with Gasteiger partial charge in [0.2, 0.25) is 17.7 Å². The first-order valence-electron chi connectivity index (χ1n) is 12.7. The third kappa shape index (κ3) is 10.4. The molecule has 212 valence electrons. The maximum absolute atomic E-state index is 13.9. The molecule has 1 aromatic carbocycles. The zero-order valence-electron chi connectivity index (χ0n) is 23.7. The summed E-state index contributed by atoms with van der Waals surface area (Å²) in [6.45, 7) is 14.1. The highest BCUT2D eigenvalue weighted by Gasteiger charge is 2.38. The van der Waals surface area contributed by atoms with Crippen LogP contribution >= 0.6 is 0 Å². The first-order valence-corrected chi connectivity index (χ1v) is 12.7. The predicted octanol–water partition coefficient (Wildman–Crippen LogP) is 2.42. The number of ether oxygens (including phenoxy) is 2. The number of esters is 1. The summed E-state index contributed by atoms with van der Waals surface area (Å²) in [5.74, 6) is -2.50. The number of nitrogens with zero attached hydrogens (tertiary/aromatic N) is 1. The second-order valence-corrected chi connectivity index (χ2v) is 10.3. The lowest BCUT2D eigenvalue weighted by molar-refractivity contribution is -0.146. The Labute approximate surface area is 224 Å². The first-order chi connectivity index (χ1) is 17.6. The Kier molecular flexibility index (Phi) is 12.2. The molecule has 0 radical (unpaired) electrons. The molecule has 0 fully saturated rings. The summed E-state index contributed by atoms with van der Waals surface area (Å²) in [7, 11) is 0. The Balaban J connectivity index is 3.44. The van der Waals surface area contributed by atoms with Crippen molar-refractivity contribution < 1.29 is 33.4 Å². The molecule has 0 bridgehead atoms. The number of aryl methyl sites for hydroxylation is 2. The van der Waals surface area contributed by atoms with Gasteiger partial charge in [-0.2, -0.15) is 0 Å². The second-order valence-electron chi connectivity index (χ2n) is 10.3. The van der Waals surface area contributed by atoms with Crippen LogP contribution in [-0.2, 0) is 28.7 Å². The van der Waals surface area contributed by atoms with Gasteiger partial charge >= 0.3 is 12.1 Å². The van der Waals surface area contributed by atoms with Gasteiger partial charge in [-0.25, -0.2) is 4.79 Å². The van der Waals surface area contributed by atoms with Gasteiger partial charge in [-0.05, 0) is 72.1 Å². The Bertz CT molecular complexity index is 1020. The average molecular weight is 535 g/mol. The molecule has 4 N–H and O–H groups in total. The van der Waals surface area contributed by atoms with Crippen molar-refractivity contribution in [1.29, 1.82) is 0 Å². The Morgan fingerprint density at radius 2 is 1.68 bits per heavy atom. The molecule has 0 aliphatic heterocycles. The van der Waals surface area contributed by atoms with E-state index in [9.17, 15) is 24.0 Å². The van der Waals surface area contributed by atoms with Crippen molar-refractivity contribution in [3.63, 3.8) is 0 Å². The molecule has 0 heterocycles. The molecule has 11 heteroatoms. The van der Waals surface area contributed by atoms with Crippen LogP contribution in [0.3, 0.4) is 0 Å². The zero-order valence-corrected chi connectivity index (χ0v) is 23.7. The number of carbonyl (C=O) groups is 5. The lowest BCUT2D eigenvalue weighted by Crippen LogP contribution is -2.56. The van der Waals surface area contributed by atoms with Crippen molar-refractivity contribution in [2.75, 3.05) is 13.2 Å². The number of hydrogen-bond donors (Lipinski definition) is 3. The van der Waals surface area contributed by atoms with E-state index in [-0.39, 0.29) is 19.6 Å². The third-order valence-electron chi connectivity index (χ3n) is 5.51. The summed E-state index contributed by atoms with van der Waals surface area (Å²) in [6, 6.07) is 2.36. The summed E-state index contributed by atoms with van der Waals surface area (Å²) in [6.07, 6.45) is -1.44. The number of hydrogen-bond acceptors (Lipinski definition) is 7. The monoisotopic (exact) mass is 534 g/mol. The van der Waals surface area contributed by atoms with Gasteiger partial charge in [-0.3, -0.25) is 19.2 Å². The van der Waals surface area contributed by atoms with Crippen LogP contribution in [0.25, 0.3) is 0 Å². The van der Waals surface area contributed by atoms with Gasteiger partial charge < -0.3 is 30.7 Å². The van der Waals surface area contributed by atoms with E-state index in [1.807, 2.05) is 19.9 Å². The van der Waals surface area contributed by atoms with Gasteiger partial charge in [0.15, 0.2) is 0 Å². The van der Waals surface area contributed by atoms with Crippen LogP contribution in [0, 0.1) is 13.8 Å². The predicted molar refractivity (Wildman–Crippen MR) is 142 cm³/mol. The molecular formula is C27H42N4O7. The van der Waals surface area contributed by atoms with Crippen LogP contribution in [0.2, 0.25) is 0 Å². The number of carbonyl (C=O) groups excluding carboxylic acids is 5. The number of alkyl carbamates (subject to hydrolysis) is 1. The molecule has 4 amide bonds. The van der Waals surface area contributed by atoms with Crippen molar-refractivity contribution in [3.05, 3.63) is 34.9 Å². The lowest BCUT2D eigenvalue weighted by atomic mass is 9.97. The smallest absolute Gasteiger partial charge is 0.408 e. The molecular weight excluding hydrogens is 492 g/mol. The lowest BCUT2D eigenvalue weighted by Gasteiger charge is -2.37. The van der Waals surface area contributed by atoms with E-state index in [1.54, 1.807) is 53.7 Å². The Hall–Kier alpha value is -3.63. The molecule has 38 heavy (non-hydrogen) atoms. The summed E-state index contributed by atoms with van der Waals surface area (Å²) < 4.78 is 10.2. The van der Waals surface area contributed by atoms with E-state index in [1.165, 1.54) is 4.90 Å². The zero-order chi connectivity index (χ0) is 29.2. The minimum atomic E-state index is -1.37. The van der Waals surface area contributed by atoms with E-state index >= 15 is 0 Å². The normalized spacial score (nSPS) is 12.8. The number of benzene rings is 1. The summed E-state index contributed by atoms with van der Waals surface area (Å²) in [5.41, 5.74) is 6.97. The van der Waals surface area contributed by atoms with E-state index in [2.05, 4.69) is 10.6 Å².